The van der Waals surface area contributed by atoms with Gasteiger partial charge in [0.1, 0.15) is 23.5 Å². The lowest BCUT2D eigenvalue weighted by Gasteiger charge is -2.37. The third kappa shape index (κ3) is 11.5. The van der Waals surface area contributed by atoms with Gasteiger partial charge in [0, 0.05) is 96.8 Å². The van der Waals surface area contributed by atoms with Crippen molar-refractivity contribution in [3.63, 3.8) is 0 Å². The monoisotopic (exact) mass is 1190 g/mol. The zero-order chi connectivity index (χ0) is 60.0. The molecule has 2 aliphatic carbocycles. The number of nitrogen functional groups attached to an aromatic ring is 1. The summed E-state index contributed by atoms with van der Waals surface area (Å²) in [6.45, 7) is 7.03. The first-order chi connectivity index (χ1) is 42.3. The van der Waals surface area contributed by atoms with Gasteiger partial charge in [-0.3, -0.25) is 9.67 Å². The molecule has 23 nitrogen and oxygen atoms in total. The predicted molar refractivity (Wildman–Crippen MR) is 324 cm³/mol. The Bertz CT molecular complexity index is 3870. The van der Waals surface area contributed by atoms with Crippen LogP contribution in [0.25, 0.3) is 33.1 Å². The number of benzene rings is 3. The second-order valence-electron chi connectivity index (χ2n) is 23.9. The van der Waals surface area contributed by atoms with Gasteiger partial charge >= 0.3 is 0 Å². The Balaban J connectivity index is 0.000000174. The minimum absolute atomic E-state index is 0.0185. The molecule has 6 aliphatic rings. The van der Waals surface area contributed by atoms with E-state index in [4.69, 9.17) is 64.2 Å². The van der Waals surface area contributed by atoms with Gasteiger partial charge in [0.05, 0.1) is 75.8 Å². The number of rotatable bonds is 14. The highest BCUT2D eigenvalue weighted by Gasteiger charge is 2.40. The Morgan fingerprint density at radius 3 is 2.06 bits per heavy atom. The molecule has 9 heterocycles. The molecule has 10 unspecified atom stereocenters. The Kier molecular flexibility index (Phi) is 16.4. The fourth-order valence-corrected chi connectivity index (χ4v) is 13.6. The van der Waals surface area contributed by atoms with Crippen LogP contribution in [0.2, 0.25) is 0 Å². The van der Waals surface area contributed by atoms with Gasteiger partial charge in [0.25, 0.3) is 0 Å². The van der Waals surface area contributed by atoms with Crippen LogP contribution in [0.4, 0.5) is 26.4 Å². The second-order valence-corrected chi connectivity index (χ2v) is 23.9. The molecule has 460 valence electrons. The number of amidine groups is 1. The maximum atomic E-state index is 15.1. The van der Waals surface area contributed by atoms with E-state index in [2.05, 4.69) is 44.1 Å². The standard InChI is InChI=1S/C38H47FN8O5.C24H29FN8O2/c1-22-11-12-24(21-46(22)33-20-40-36(43-33)26-8-7-9-30(26)52-34-10-5-6-15-51-34)35-44-37-27-17-28(39)32(50-4)18-29(27)42-38(47(37)45-35)41-19-23-13-14-25(48-2)16-31(23)49-3;1-13-6-7-14(11-31(13)15-10-27-32(12-15)19-4-3-5-20(19)34)22-29-23-16-8-17(25)21(35-2)9-18(16)28-24(26)33(23)30-22/h13-14,16-18,20,22,24,26,30,34,36H,5-12,15,19,21H2,1-4H3,(H,41,42);8-10,12-14,19-20,34H,3-7,11H2,1-2H3,(H2,26,28). The molecule has 25 heteroatoms. The van der Waals surface area contributed by atoms with Gasteiger partial charge in [-0.15, -0.1) is 10.2 Å². The summed E-state index contributed by atoms with van der Waals surface area (Å²) < 4.78 is 68.3. The van der Waals surface area contributed by atoms with E-state index >= 15 is 4.39 Å². The summed E-state index contributed by atoms with van der Waals surface area (Å²) in [6, 6.07) is 12.2. The molecule has 4 N–H and O–H groups in total. The van der Waals surface area contributed by atoms with E-state index in [1.54, 1.807) is 24.8 Å². The van der Waals surface area contributed by atoms with E-state index in [0.29, 0.717) is 81.3 Å². The number of fused-ring (bicyclic) bond motifs is 6. The molecular weight excluding hydrogens is 1120 g/mol. The largest absolute Gasteiger partial charge is 0.497 e. The smallest absolute Gasteiger partial charge is 0.226 e. The lowest BCUT2D eigenvalue weighted by molar-refractivity contribution is -0.195. The predicted octanol–water partition coefficient (Wildman–Crippen LogP) is 9.21. The van der Waals surface area contributed by atoms with Crippen LogP contribution >= 0.6 is 0 Å². The number of ether oxygens (including phenoxy) is 6. The van der Waals surface area contributed by atoms with E-state index in [1.807, 2.05) is 41.5 Å². The molecule has 5 aromatic heterocycles. The molecule has 14 rings (SSSR count). The quantitative estimate of drug-likeness (QED) is 0.0917. The number of aliphatic hydroxyl groups is 1. The Hall–Kier alpha value is -8.03. The van der Waals surface area contributed by atoms with Crippen molar-refractivity contribution in [2.75, 3.05) is 64.1 Å². The van der Waals surface area contributed by atoms with Gasteiger partial charge in [-0.05, 0) is 115 Å². The fraction of sp³-hybridized carbons (Fsp3) is 0.532. The number of methoxy groups -OCH3 is 4. The van der Waals surface area contributed by atoms with Crippen molar-refractivity contribution in [1.82, 2.24) is 53.8 Å². The maximum absolute atomic E-state index is 15.1. The van der Waals surface area contributed by atoms with E-state index in [0.717, 1.165) is 114 Å². The highest BCUT2D eigenvalue weighted by atomic mass is 19.1. The van der Waals surface area contributed by atoms with Crippen LogP contribution in [0.3, 0.4) is 0 Å². The van der Waals surface area contributed by atoms with Gasteiger partial charge in [0.15, 0.2) is 52.4 Å². The SMILES string of the molecule is COc1cc2nc(N)n3nc(C4CCC(C)N(c5cnn(C6CCCC6O)c5)C4)nc3c2cc1F.COc1ccc(CNc2nc3cc(OC)c(F)cc3c3nc(C4CCC(C)N(C5=NC(C6CCCC6OC6CCCCO6)N=C5)C4)nn23)c(OC)c1. The van der Waals surface area contributed by atoms with Crippen LogP contribution in [0.1, 0.15) is 132 Å². The number of nitrogens with zero attached hydrogens (tertiary/aromatic N) is 14. The number of aliphatic imine (C=N–C) groups is 2. The number of aromatic nitrogens is 10. The second kappa shape index (κ2) is 24.6. The van der Waals surface area contributed by atoms with Crippen LogP contribution in [0.15, 0.2) is 64.8 Å². The van der Waals surface area contributed by atoms with E-state index in [-0.39, 0.29) is 71.9 Å². The van der Waals surface area contributed by atoms with Crippen LogP contribution in [0, 0.1) is 17.6 Å². The third-order valence-corrected chi connectivity index (χ3v) is 18.5. The number of hydrogen-bond acceptors (Lipinski definition) is 20. The highest BCUT2D eigenvalue weighted by Crippen LogP contribution is 2.40. The minimum Gasteiger partial charge on any atom is -0.497 e. The first kappa shape index (κ1) is 58.0. The molecule has 3 saturated heterocycles. The van der Waals surface area contributed by atoms with Gasteiger partial charge < -0.3 is 54.4 Å². The molecule has 0 bridgehead atoms. The Morgan fingerprint density at radius 1 is 0.701 bits per heavy atom. The van der Waals surface area contributed by atoms with Crippen molar-refractivity contribution in [3.05, 3.63) is 83.7 Å². The van der Waals surface area contributed by atoms with Crippen LogP contribution in [-0.2, 0) is 16.0 Å². The van der Waals surface area contributed by atoms with E-state index < -0.39 is 11.6 Å². The van der Waals surface area contributed by atoms with Gasteiger partial charge in [-0.1, -0.05) is 6.42 Å². The van der Waals surface area contributed by atoms with Gasteiger partial charge in [0.2, 0.25) is 11.9 Å². The average molecular weight is 1200 g/mol. The summed E-state index contributed by atoms with van der Waals surface area (Å²) in [7, 11) is 6.10. The third-order valence-electron chi connectivity index (χ3n) is 18.5. The number of nitrogens with one attached hydrogen (secondary N) is 1. The van der Waals surface area contributed by atoms with Gasteiger partial charge in [-0.25, -0.2) is 33.7 Å². The van der Waals surface area contributed by atoms with E-state index in [9.17, 15) is 9.50 Å². The molecular formula is C62H76F2N16O7. The molecule has 4 aliphatic heterocycles. The summed E-state index contributed by atoms with van der Waals surface area (Å²) in [6.07, 6.45) is 18.3. The molecule has 0 amide bonds. The summed E-state index contributed by atoms with van der Waals surface area (Å²) >= 11 is 0. The minimum atomic E-state index is -0.487. The topological polar surface area (TPSA) is 249 Å². The molecule has 8 aromatic rings. The van der Waals surface area contributed by atoms with Crippen molar-refractivity contribution in [1.29, 1.82) is 0 Å². The molecule has 2 saturated carbocycles. The lowest BCUT2D eigenvalue weighted by atomic mass is 9.92. The first-order valence-electron chi connectivity index (χ1n) is 30.6. The summed E-state index contributed by atoms with van der Waals surface area (Å²) in [5, 5.41) is 29.0. The molecule has 87 heavy (non-hydrogen) atoms. The zero-order valence-corrected chi connectivity index (χ0v) is 50.1. The summed E-state index contributed by atoms with van der Waals surface area (Å²) in [5.41, 5.74) is 10.2. The molecule has 3 aromatic carbocycles. The Morgan fingerprint density at radius 2 is 1.38 bits per heavy atom. The normalized spacial score (nSPS) is 25.8. The first-order valence-corrected chi connectivity index (χ1v) is 30.6. The number of anilines is 3. The summed E-state index contributed by atoms with van der Waals surface area (Å²) in [5.74, 6) is 3.87. The summed E-state index contributed by atoms with van der Waals surface area (Å²) in [4.78, 5) is 33.9. The van der Waals surface area contributed by atoms with Crippen LogP contribution < -0.4 is 34.9 Å². The average Bonchev–Trinajstić information content (AvgIpc) is 2.16. The molecule has 5 fully saturated rings. The van der Waals surface area contributed by atoms with Crippen molar-refractivity contribution in [2.24, 2.45) is 15.9 Å². The van der Waals surface area contributed by atoms with Crippen molar-refractivity contribution in [2.45, 2.75) is 158 Å². The Labute approximate surface area is 502 Å². The molecule has 0 radical (unpaired) electrons. The molecule has 0 spiro atoms. The fourth-order valence-electron chi connectivity index (χ4n) is 13.6. The van der Waals surface area contributed by atoms with Crippen molar-refractivity contribution in [3.8, 4) is 23.0 Å². The van der Waals surface area contributed by atoms with Crippen LogP contribution in [0.5, 0.6) is 23.0 Å². The van der Waals surface area contributed by atoms with E-state index in [1.165, 1.54) is 36.9 Å². The van der Waals surface area contributed by atoms with Crippen molar-refractivity contribution >= 4 is 62.7 Å². The number of likely N-dealkylation sites (tertiary alicyclic amines) is 1. The number of aliphatic hydroxyl groups excluding tert-OH is 1. The number of halogens is 2. The lowest BCUT2D eigenvalue weighted by Crippen LogP contribution is -2.45. The van der Waals surface area contributed by atoms with Crippen LogP contribution in [-0.4, -0.2) is 156 Å². The number of hydrogen-bond donors (Lipinski definition) is 3. The molecule has 10 atom stereocenters. The van der Waals surface area contributed by atoms with Crippen molar-refractivity contribution < 1.29 is 42.3 Å². The number of piperidine rings is 2. The highest BCUT2D eigenvalue weighted by molar-refractivity contribution is 6.30. The number of nitrogens with two attached hydrogens (primary N) is 1. The maximum Gasteiger partial charge on any atom is 0.226 e. The van der Waals surface area contributed by atoms with Gasteiger partial charge in [-0.2, -0.15) is 14.1 Å². The zero-order valence-electron chi connectivity index (χ0n) is 50.1.